The standard InChI is InChI=1S/C21H25N3O5S/c1-30(28,29)23-13-11-22(12-14-23)21(27)18-7-4-10-24(18)20(26)17-9-8-15-5-2-3-6-16(15)19(17)25/h2-3,5-6,8-9,18,25H,4,7,10-14H2,1H3. The van der Waals surface area contributed by atoms with Gasteiger partial charge in [0.2, 0.25) is 15.9 Å². The molecule has 1 atom stereocenters. The molecule has 2 heterocycles. The van der Waals surface area contributed by atoms with Gasteiger partial charge in [-0.1, -0.05) is 30.3 Å². The lowest BCUT2D eigenvalue weighted by molar-refractivity contribution is -0.136. The van der Waals surface area contributed by atoms with Gasteiger partial charge in [-0.05, 0) is 24.3 Å². The average Bonchev–Trinajstić information content (AvgIpc) is 3.22. The molecule has 0 bridgehead atoms. The van der Waals surface area contributed by atoms with Crippen LogP contribution >= 0.6 is 0 Å². The summed E-state index contributed by atoms with van der Waals surface area (Å²) in [7, 11) is -3.27. The maximum atomic E-state index is 13.2. The van der Waals surface area contributed by atoms with E-state index in [1.807, 2.05) is 12.1 Å². The first-order chi connectivity index (χ1) is 14.3. The first kappa shape index (κ1) is 20.6. The molecule has 30 heavy (non-hydrogen) atoms. The lowest BCUT2D eigenvalue weighted by Crippen LogP contribution is -2.55. The van der Waals surface area contributed by atoms with Crippen molar-refractivity contribution in [3.05, 3.63) is 42.0 Å². The van der Waals surface area contributed by atoms with E-state index in [4.69, 9.17) is 0 Å². The number of carbonyl (C=O) groups excluding carboxylic acids is 2. The molecule has 2 aromatic rings. The SMILES string of the molecule is CS(=O)(=O)N1CCN(C(=O)C2CCCN2C(=O)c2ccc3ccccc3c2O)CC1. The topological polar surface area (TPSA) is 98.2 Å². The highest BCUT2D eigenvalue weighted by molar-refractivity contribution is 7.88. The van der Waals surface area contributed by atoms with Crippen LogP contribution in [-0.4, -0.2) is 84.5 Å². The first-order valence-corrected chi connectivity index (χ1v) is 11.9. The molecule has 2 aromatic carbocycles. The van der Waals surface area contributed by atoms with Crippen molar-refractivity contribution in [2.45, 2.75) is 18.9 Å². The molecule has 1 N–H and O–H groups in total. The number of carbonyl (C=O) groups is 2. The van der Waals surface area contributed by atoms with Gasteiger partial charge in [-0.3, -0.25) is 9.59 Å². The van der Waals surface area contributed by atoms with E-state index in [2.05, 4.69) is 0 Å². The Balaban J connectivity index is 1.52. The Morgan fingerprint density at radius 2 is 1.70 bits per heavy atom. The Morgan fingerprint density at radius 3 is 2.40 bits per heavy atom. The van der Waals surface area contributed by atoms with Gasteiger partial charge in [0, 0.05) is 38.1 Å². The summed E-state index contributed by atoms with van der Waals surface area (Å²) in [5.41, 5.74) is 0.190. The van der Waals surface area contributed by atoms with E-state index in [0.29, 0.717) is 37.9 Å². The molecule has 0 aromatic heterocycles. The van der Waals surface area contributed by atoms with Crippen LogP contribution in [0.25, 0.3) is 10.8 Å². The zero-order chi connectivity index (χ0) is 21.5. The summed E-state index contributed by atoms with van der Waals surface area (Å²) in [5.74, 6) is -0.587. The molecule has 2 amide bonds. The molecular formula is C21H25N3O5S. The average molecular weight is 432 g/mol. The zero-order valence-electron chi connectivity index (χ0n) is 16.8. The Hall–Kier alpha value is -2.65. The summed E-state index contributed by atoms with van der Waals surface area (Å²) in [6.45, 7) is 1.59. The Labute approximate surface area is 175 Å². The number of benzene rings is 2. The predicted molar refractivity (Wildman–Crippen MR) is 113 cm³/mol. The van der Waals surface area contributed by atoms with E-state index < -0.39 is 16.1 Å². The minimum Gasteiger partial charge on any atom is -0.506 e. The Morgan fingerprint density at radius 1 is 1.00 bits per heavy atom. The van der Waals surface area contributed by atoms with Gasteiger partial charge in [-0.15, -0.1) is 0 Å². The fourth-order valence-corrected chi connectivity index (χ4v) is 5.13. The molecule has 0 spiro atoms. The largest absolute Gasteiger partial charge is 0.506 e. The van der Waals surface area contributed by atoms with Gasteiger partial charge >= 0.3 is 0 Å². The van der Waals surface area contributed by atoms with Crippen molar-refractivity contribution in [2.24, 2.45) is 0 Å². The second-order valence-electron chi connectivity index (χ2n) is 7.83. The highest BCUT2D eigenvalue weighted by Gasteiger charge is 2.39. The summed E-state index contributed by atoms with van der Waals surface area (Å²) < 4.78 is 24.7. The highest BCUT2D eigenvalue weighted by atomic mass is 32.2. The number of hydrogen-bond donors (Lipinski definition) is 1. The van der Waals surface area contributed by atoms with E-state index in [0.717, 1.165) is 11.6 Å². The molecule has 2 fully saturated rings. The molecule has 0 saturated carbocycles. The normalized spacial score (nSPS) is 20.6. The quantitative estimate of drug-likeness (QED) is 0.789. The maximum Gasteiger partial charge on any atom is 0.258 e. The van der Waals surface area contributed by atoms with E-state index in [1.165, 1.54) is 9.21 Å². The molecule has 0 radical (unpaired) electrons. The molecular weight excluding hydrogens is 406 g/mol. The number of phenolic OH excluding ortho intramolecular Hbond substituents is 1. The summed E-state index contributed by atoms with van der Waals surface area (Å²) in [6, 6.07) is 10.1. The van der Waals surface area contributed by atoms with Gasteiger partial charge in [0.25, 0.3) is 5.91 Å². The number of fused-ring (bicyclic) bond motifs is 1. The number of hydrogen-bond acceptors (Lipinski definition) is 5. The number of likely N-dealkylation sites (tertiary alicyclic amines) is 1. The van der Waals surface area contributed by atoms with Crippen LogP contribution in [0.4, 0.5) is 0 Å². The zero-order valence-corrected chi connectivity index (χ0v) is 17.6. The second kappa shape index (κ2) is 7.88. The van der Waals surface area contributed by atoms with Crippen molar-refractivity contribution < 1.29 is 23.1 Å². The van der Waals surface area contributed by atoms with Gasteiger partial charge in [0.05, 0.1) is 11.8 Å². The Bertz CT molecular complexity index is 1090. The minimum absolute atomic E-state index is 0.0713. The predicted octanol–water partition coefficient (Wildman–Crippen LogP) is 1.25. The minimum atomic E-state index is -3.27. The fourth-order valence-electron chi connectivity index (χ4n) is 4.30. The molecule has 9 heteroatoms. The number of phenols is 1. The maximum absolute atomic E-state index is 13.2. The molecule has 160 valence electrons. The van der Waals surface area contributed by atoms with Crippen LogP contribution in [0.1, 0.15) is 23.2 Å². The smallest absolute Gasteiger partial charge is 0.258 e. The van der Waals surface area contributed by atoms with Crippen LogP contribution in [0.5, 0.6) is 5.75 Å². The van der Waals surface area contributed by atoms with Crippen molar-refractivity contribution in [1.82, 2.24) is 14.1 Å². The fraction of sp³-hybridized carbons (Fsp3) is 0.429. The van der Waals surface area contributed by atoms with Crippen LogP contribution in [0.15, 0.2) is 36.4 Å². The number of piperazine rings is 1. The number of rotatable bonds is 3. The summed E-state index contributed by atoms with van der Waals surface area (Å²) in [6.07, 6.45) is 2.43. The van der Waals surface area contributed by atoms with Gasteiger partial charge in [-0.2, -0.15) is 4.31 Å². The summed E-state index contributed by atoms with van der Waals surface area (Å²) in [5, 5.41) is 12.1. The van der Waals surface area contributed by atoms with Crippen molar-refractivity contribution in [2.75, 3.05) is 39.0 Å². The van der Waals surface area contributed by atoms with Gasteiger partial charge < -0.3 is 14.9 Å². The van der Waals surface area contributed by atoms with Gasteiger partial charge in [0.1, 0.15) is 11.8 Å². The van der Waals surface area contributed by atoms with Gasteiger partial charge in [0.15, 0.2) is 0 Å². The van der Waals surface area contributed by atoms with Crippen molar-refractivity contribution in [3.63, 3.8) is 0 Å². The number of sulfonamides is 1. The first-order valence-electron chi connectivity index (χ1n) is 10.0. The van der Waals surface area contributed by atoms with Crippen molar-refractivity contribution >= 4 is 32.6 Å². The van der Waals surface area contributed by atoms with E-state index >= 15 is 0 Å². The number of aromatic hydroxyl groups is 1. The Kier molecular flexibility index (Phi) is 5.42. The second-order valence-corrected chi connectivity index (χ2v) is 9.81. The molecule has 4 rings (SSSR count). The van der Waals surface area contributed by atoms with Crippen LogP contribution in [0, 0.1) is 0 Å². The van der Waals surface area contributed by atoms with Crippen molar-refractivity contribution in [1.29, 1.82) is 0 Å². The van der Waals surface area contributed by atoms with E-state index in [9.17, 15) is 23.1 Å². The van der Waals surface area contributed by atoms with Crippen LogP contribution < -0.4 is 0 Å². The monoisotopic (exact) mass is 431 g/mol. The van der Waals surface area contributed by atoms with Crippen LogP contribution in [-0.2, 0) is 14.8 Å². The van der Waals surface area contributed by atoms with Crippen LogP contribution in [0.3, 0.4) is 0 Å². The lowest BCUT2D eigenvalue weighted by Gasteiger charge is -2.36. The number of amides is 2. The van der Waals surface area contributed by atoms with Crippen molar-refractivity contribution in [3.8, 4) is 5.75 Å². The van der Waals surface area contributed by atoms with Gasteiger partial charge in [-0.25, -0.2) is 8.42 Å². The lowest BCUT2D eigenvalue weighted by atomic mass is 10.0. The molecule has 2 aliphatic heterocycles. The highest BCUT2D eigenvalue weighted by Crippen LogP contribution is 2.31. The number of nitrogens with zero attached hydrogens (tertiary/aromatic N) is 3. The third-order valence-corrected chi connectivity index (χ3v) is 7.25. The summed E-state index contributed by atoms with van der Waals surface area (Å²) >= 11 is 0. The molecule has 0 aliphatic carbocycles. The van der Waals surface area contributed by atoms with Crippen LogP contribution in [0.2, 0.25) is 0 Å². The molecule has 1 unspecified atom stereocenters. The summed E-state index contributed by atoms with van der Waals surface area (Å²) in [4.78, 5) is 29.5. The van der Waals surface area contributed by atoms with E-state index in [1.54, 1.807) is 29.2 Å². The third-order valence-electron chi connectivity index (χ3n) is 5.95. The molecule has 8 nitrogen and oxygen atoms in total. The third kappa shape index (κ3) is 3.75. The molecule has 2 aliphatic rings. The molecule has 2 saturated heterocycles. The van der Waals surface area contributed by atoms with E-state index in [-0.39, 0.29) is 36.2 Å².